The Bertz CT molecular complexity index is 606. The van der Waals surface area contributed by atoms with Crippen LogP contribution in [0.15, 0.2) is 0 Å². The van der Waals surface area contributed by atoms with E-state index < -0.39 is 26.3 Å². The third kappa shape index (κ3) is 3.60. The molecule has 2 rings (SSSR count). The van der Waals surface area contributed by atoms with Crippen molar-refractivity contribution in [1.82, 2.24) is 4.90 Å². The maximum absolute atomic E-state index is 12.3. The highest BCUT2D eigenvalue weighted by atomic mass is 31.2. The van der Waals surface area contributed by atoms with Crippen molar-refractivity contribution in [3.05, 3.63) is 0 Å². The van der Waals surface area contributed by atoms with Crippen molar-refractivity contribution in [2.24, 2.45) is 10.8 Å². The molecule has 9 heteroatoms. The van der Waals surface area contributed by atoms with E-state index in [1.165, 1.54) is 6.42 Å². The molecule has 1 aliphatic carbocycles. The van der Waals surface area contributed by atoms with Gasteiger partial charge in [0.25, 0.3) is 0 Å². The topological polar surface area (TPSA) is 118 Å². The van der Waals surface area contributed by atoms with Gasteiger partial charge in [0, 0.05) is 12.1 Å². The van der Waals surface area contributed by atoms with Crippen LogP contribution in [0.5, 0.6) is 0 Å². The maximum atomic E-state index is 12.3. The molecule has 28 heavy (non-hydrogen) atoms. The molecule has 4 N–H and O–H groups in total. The first kappa shape index (κ1) is 24.5. The molecule has 1 saturated carbocycles. The molecule has 0 atom stereocenters. The van der Waals surface area contributed by atoms with Gasteiger partial charge in [-0.05, 0) is 55.8 Å². The van der Waals surface area contributed by atoms with Gasteiger partial charge in [0.2, 0.25) is 5.52 Å². The summed E-state index contributed by atoms with van der Waals surface area (Å²) in [5.41, 5.74) is -2.87. The summed E-state index contributed by atoms with van der Waals surface area (Å²) in [6.07, 6.45) is 9.39. The Labute approximate surface area is 169 Å². The quantitative estimate of drug-likeness (QED) is 0.427. The number of likely N-dealkylation sites (tertiary alicyclic amines) is 1. The minimum Gasteiger partial charge on any atom is -0.323 e. The van der Waals surface area contributed by atoms with Gasteiger partial charge in [-0.1, -0.05) is 47.0 Å². The van der Waals surface area contributed by atoms with E-state index in [0.717, 1.165) is 44.9 Å². The van der Waals surface area contributed by atoms with Crippen LogP contribution in [-0.2, 0) is 9.13 Å². The third-order valence-electron chi connectivity index (χ3n) is 8.36. The minimum atomic E-state index is -5.04. The Hall–Kier alpha value is 0.260. The van der Waals surface area contributed by atoms with E-state index in [9.17, 15) is 28.7 Å². The van der Waals surface area contributed by atoms with Crippen LogP contribution in [-0.4, -0.2) is 42.1 Å². The first-order valence-electron chi connectivity index (χ1n) is 10.8. The lowest BCUT2D eigenvalue weighted by Crippen LogP contribution is -2.71. The van der Waals surface area contributed by atoms with E-state index in [-0.39, 0.29) is 10.8 Å². The van der Waals surface area contributed by atoms with Crippen molar-refractivity contribution in [3.63, 3.8) is 0 Å². The zero-order valence-corrected chi connectivity index (χ0v) is 19.6. The number of rotatable bonds is 7. The summed E-state index contributed by atoms with van der Waals surface area (Å²) in [4.78, 5) is 41.5. The van der Waals surface area contributed by atoms with Crippen LogP contribution in [0.3, 0.4) is 0 Å². The zero-order chi connectivity index (χ0) is 21.4. The Morgan fingerprint density at radius 3 is 1.61 bits per heavy atom. The lowest BCUT2D eigenvalue weighted by molar-refractivity contribution is -0.187. The van der Waals surface area contributed by atoms with Gasteiger partial charge >= 0.3 is 15.2 Å². The molecular formula is C19H39NO6P2. The minimum absolute atomic E-state index is 0.0750. The number of hydrogen-bond acceptors (Lipinski definition) is 3. The number of nitrogens with zero attached hydrogens (tertiary/aromatic N) is 1. The summed E-state index contributed by atoms with van der Waals surface area (Å²) in [5, 5.41) is 0. The molecule has 0 bridgehead atoms. The molecule has 1 spiro atoms. The zero-order valence-electron chi connectivity index (χ0n) is 17.8. The van der Waals surface area contributed by atoms with Gasteiger partial charge in [-0.15, -0.1) is 0 Å². The largest absolute Gasteiger partial charge is 0.355 e. The van der Waals surface area contributed by atoms with Crippen LogP contribution in [0.4, 0.5) is 0 Å². The monoisotopic (exact) mass is 439 g/mol. The van der Waals surface area contributed by atoms with Gasteiger partial charge in [0.1, 0.15) is 0 Å². The Balaban J connectivity index is 2.75. The molecular weight excluding hydrogens is 400 g/mol. The van der Waals surface area contributed by atoms with Crippen LogP contribution < -0.4 is 0 Å². The van der Waals surface area contributed by atoms with E-state index >= 15 is 0 Å². The molecule has 0 aromatic rings. The smallest absolute Gasteiger partial charge is 0.323 e. The average molecular weight is 439 g/mol. The van der Waals surface area contributed by atoms with Crippen molar-refractivity contribution in [1.29, 1.82) is 0 Å². The summed E-state index contributed by atoms with van der Waals surface area (Å²) in [7, 11) is -10.1. The molecule has 2 aliphatic rings. The van der Waals surface area contributed by atoms with Crippen LogP contribution in [0.25, 0.3) is 0 Å². The standard InChI is InChI=1S/C19H39NO6P2/c1-5-18(6-2)17(12-10-9-11-13-17)14-15-20(19(18,7-3)8-4)16(27(21,22)23)28(24,25)26/h16H,5-15H2,1-4H3,(H2,21,22,23)(H2,24,25,26). The Kier molecular flexibility index (Phi) is 7.37. The maximum Gasteiger partial charge on any atom is 0.355 e. The summed E-state index contributed by atoms with van der Waals surface area (Å²) in [6, 6.07) is 0. The molecule has 0 amide bonds. The van der Waals surface area contributed by atoms with E-state index in [1.54, 1.807) is 4.90 Å². The summed E-state index contributed by atoms with van der Waals surface area (Å²) >= 11 is 0. The highest BCUT2D eigenvalue weighted by molar-refractivity contribution is 7.70. The van der Waals surface area contributed by atoms with Crippen LogP contribution in [0.1, 0.15) is 91.9 Å². The third-order valence-corrected chi connectivity index (χ3v) is 11.9. The van der Waals surface area contributed by atoms with Crippen LogP contribution in [0, 0.1) is 10.8 Å². The van der Waals surface area contributed by atoms with Crippen molar-refractivity contribution in [2.75, 3.05) is 6.54 Å². The fourth-order valence-corrected chi connectivity index (χ4v) is 10.4. The van der Waals surface area contributed by atoms with Gasteiger partial charge in [0.15, 0.2) is 0 Å². The molecule has 1 saturated heterocycles. The van der Waals surface area contributed by atoms with Crippen LogP contribution in [0.2, 0.25) is 0 Å². The summed E-state index contributed by atoms with van der Waals surface area (Å²) in [6.45, 7) is 8.63. The number of hydrogen-bond donors (Lipinski definition) is 4. The molecule has 0 radical (unpaired) electrons. The average Bonchev–Trinajstić information content (AvgIpc) is 2.61. The Morgan fingerprint density at radius 2 is 1.25 bits per heavy atom. The van der Waals surface area contributed by atoms with Gasteiger partial charge in [-0.3, -0.25) is 14.0 Å². The molecule has 1 aliphatic heterocycles. The van der Waals surface area contributed by atoms with E-state index in [0.29, 0.717) is 19.4 Å². The van der Waals surface area contributed by atoms with Gasteiger partial charge in [0.05, 0.1) is 0 Å². The summed E-state index contributed by atoms with van der Waals surface area (Å²) < 4.78 is 24.6. The van der Waals surface area contributed by atoms with Gasteiger partial charge in [-0.25, -0.2) is 0 Å². The predicted octanol–water partition coefficient (Wildman–Crippen LogP) is 4.65. The SMILES string of the molecule is CCC1(CC)N(C(P(=O)(O)O)P(=O)(O)O)CCC2(CCCCC2)C1(CC)CC. The Morgan fingerprint density at radius 1 is 0.786 bits per heavy atom. The fraction of sp³-hybridized carbons (Fsp3) is 1.00. The first-order chi connectivity index (χ1) is 12.9. The molecule has 0 unspecified atom stereocenters. The number of piperidine rings is 1. The fourth-order valence-electron chi connectivity index (χ4n) is 7.40. The summed E-state index contributed by atoms with van der Waals surface area (Å²) in [5.74, 6) is 0. The second-order valence-electron chi connectivity index (χ2n) is 8.84. The van der Waals surface area contributed by atoms with E-state index in [1.807, 2.05) is 13.8 Å². The first-order valence-corrected chi connectivity index (χ1v) is 14.1. The molecule has 1 heterocycles. The van der Waals surface area contributed by atoms with Crippen molar-refractivity contribution in [2.45, 2.75) is 103 Å². The lowest BCUT2D eigenvalue weighted by atomic mass is 9.43. The molecule has 166 valence electrons. The molecule has 7 nitrogen and oxygen atoms in total. The molecule has 0 aromatic carbocycles. The highest BCUT2D eigenvalue weighted by Gasteiger charge is 2.67. The second kappa shape index (κ2) is 8.42. The van der Waals surface area contributed by atoms with Crippen molar-refractivity contribution < 1.29 is 28.7 Å². The lowest BCUT2D eigenvalue weighted by Gasteiger charge is -2.69. The second-order valence-corrected chi connectivity index (χ2v) is 12.6. The normalized spacial score (nSPS) is 25.3. The van der Waals surface area contributed by atoms with Crippen LogP contribution >= 0.6 is 15.2 Å². The van der Waals surface area contributed by atoms with Gasteiger partial charge in [-0.2, -0.15) is 0 Å². The van der Waals surface area contributed by atoms with Gasteiger partial charge < -0.3 is 19.6 Å². The molecule has 0 aromatic heterocycles. The molecule has 2 fully saturated rings. The van der Waals surface area contributed by atoms with E-state index in [4.69, 9.17) is 0 Å². The van der Waals surface area contributed by atoms with E-state index in [2.05, 4.69) is 13.8 Å². The van der Waals surface area contributed by atoms with Crippen molar-refractivity contribution in [3.8, 4) is 0 Å². The highest BCUT2D eigenvalue weighted by Crippen LogP contribution is 2.71. The predicted molar refractivity (Wildman–Crippen MR) is 111 cm³/mol. The van der Waals surface area contributed by atoms with Crippen molar-refractivity contribution >= 4 is 15.2 Å².